The average molecular weight is 330 g/mol. The van der Waals surface area contributed by atoms with Gasteiger partial charge in [0.2, 0.25) is 0 Å². The minimum Gasteiger partial charge on any atom is -0.381 e. The number of nitrogens with zero attached hydrogens (tertiary/aromatic N) is 1. The van der Waals surface area contributed by atoms with Gasteiger partial charge < -0.3 is 10.1 Å². The van der Waals surface area contributed by atoms with Gasteiger partial charge >= 0.3 is 0 Å². The van der Waals surface area contributed by atoms with Crippen molar-refractivity contribution in [2.75, 3.05) is 18.5 Å². The molecule has 1 heterocycles. The topological polar surface area (TPSA) is 45.0 Å². The Bertz CT molecular complexity index is 482. The second-order valence-corrected chi connectivity index (χ2v) is 5.89. The van der Waals surface area contributed by atoms with E-state index in [1.54, 1.807) is 6.07 Å². The van der Waals surface area contributed by atoms with Gasteiger partial charge in [0, 0.05) is 22.7 Å². The van der Waals surface area contributed by atoms with Crippen LogP contribution in [0.15, 0.2) is 22.7 Å². The smallest absolute Gasteiger partial charge is 0.127 e. The molecule has 0 amide bonds. The first-order valence-corrected chi connectivity index (χ1v) is 6.94. The Morgan fingerprint density at radius 1 is 1.61 bits per heavy atom. The minimum atomic E-state index is -0.621. The summed E-state index contributed by atoms with van der Waals surface area (Å²) in [6.45, 7) is 3.27. The summed E-state index contributed by atoms with van der Waals surface area (Å²) in [7, 11) is 0. The third-order valence-corrected chi connectivity index (χ3v) is 4.52. The summed E-state index contributed by atoms with van der Waals surface area (Å²) in [5.74, 6) is 0.206. The molecule has 1 aliphatic rings. The first kappa shape index (κ1) is 13.7. The molecule has 18 heavy (non-hydrogen) atoms. The number of anilines is 1. The number of nitriles is 1. The van der Waals surface area contributed by atoms with Crippen molar-refractivity contribution in [1.82, 2.24) is 0 Å². The van der Waals surface area contributed by atoms with Crippen molar-refractivity contribution in [3.63, 3.8) is 0 Å². The third kappa shape index (κ3) is 2.80. The summed E-state index contributed by atoms with van der Waals surface area (Å²) in [4.78, 5) is 0. The highest BCUT2D eigenvalue weighted by molar-refractivity contribution is 9.10. The van der Waals surface area contributed by atoms with Gasteiger partial charge in [-0.2, -0.15) is 5.26 Å². The quantitative estimate of drug-likeness (QED) is 0.916. The molecule has 1 fully saturated rings. The maximum Gasteiger partial charge on any atom is 0.127 e. The zero-order valence-corrected chi connectivity index (χ0v) is 12.4. The molecule has 0 aromatic heterocycles. The zero-order chi connectivity index (χ0) is 13.2. The standard InChI is InChI=1S/C13H14BrClN2O/c1-13(8-16,9-4-5-18-7-9)17-10-2-3-12(15)11(14)6-10/h2-3,6,9,17H,4-5,7H2,1H3. The van der Waals surface area contributed by atoms with Crippen molar-refractivity contribution in [3.8, 4) is 6.07 Å². The normalized spacial score (nSPS) is 22.2. The fourth-order valence-corrected chi connectivity index (χ4v) is 2.58. The van der Waals surface area contributed by atoms with Crippen LogP contribution in [-0.2, 0) is 4.74 Å². The van der Waals surface area contributed by atoms with Gasteiger partial charge in [-0.1, -0.05) is 11.6 Å². The van der Waals surface area contributed by atoms with Crippen LogP contribution in [0.3, 0.4) is 0 Å². The van der Waals surface area contributed by atoms with E-state index < -0.39 is 5.54 Å². The van der Waals surface area contributed by atoms with Crippen molar-refractivity contribution in [1.29, 1.82) is 5.26 Å². The first-order valence-electron chi connectivity index (χ1n) is 5.77. The van der Waals surface area contributed by atoms with Gasteiger partial charge in [0.05, 0.1) is 17.7 Å². The van der Waals surface area contributed by atoms with Crippen molar-refractivity contribution in [2.24, 2.45) is 5.92 Å². The second kappa shape index (κ2) is 5.48. The largest absolute Gasteiger partial charge is 0.381 e. The molecule has 1 aliphatic heterocycles. The van der Waals surface area contributed by atoms with Gasteiger partial charge in [0.1, 0.15) is 5.54 Å². The third-order valence-electron chi connectivity index (χ3n) is 3.30. The summed E-state index contributed by atoms with van der Waals surface area (Å²) < 4.78 is 6.18. The molecule has 2 unspecified atom stereocenters. The molecule has 0 aliphatic carbocycles. The molecule has 2 atom stereocenters. The lowest BCUT2D eigenvalue weighted by atomic mass is 9.86. The number of benzene rings is 1. The lowest BCUT2D eigenvalue weighted by molar-refractivity contribution is 0.178. The number of hydrogen-bond acceptors (Lipinski definition) is 3. The Hall–Kier alpha value is -0.760. The molecule has 1 saturated heterocycles. The van der Waals surface area contributed by atoms with Crippen molar-refractivity contribution in [2.45, 2.75) is 18.9 Å². The van der Waals surface area contributed by atoms with E-state index in [0.29, 0.717) is 11.6 Å². The lowest BCUT2D eigenvalue weighted by Crippen LogP contribution is -2.41. The Morgan fingerprint density at radius 3 is 2.94 bits per heavy atom. The van der Waals surface area contributed by atoms with E-state index in [4.69, 9.17) is 16.3 Å². The summed E-state index contributed by atoms with van der Waals surface area (Å²) in [5.41, 5.74) is 0.256. The van der Waals surface area contributed by atoms with Crippen molar-refractivity contribution in [3.05, 3.63) is 27.7 Å². The molecule has 3 nitrogen and oxygen atoms in total. The van der Waals surface area contributed by atoms with Crippen LogP contribution < -0.4 is 5.32 Å². The Balaban J connectivity index is 2.19. The van der Waals surface area contributed by atoms with Crippen molar-refractivity contribution < 1.29 is 4.74 Å². The SMILES string of the molecule is CC(C#N)(Nc1ccc(Cl)c(Br)c1)C1CCOC1. The van der Waals surface area contributed by atoms with Crippen LogP contribution in [0.5, 0.6) is 0 Å². The van der Waals surface area contributed by atoms with Crippen LogP contribution in [0.2, 0.25) is 5.02 Å². The molecule has 0 bridgehead atoms. The Morgan fingerprint density at radius 2 is 2.39 bits per heavy atom. The van der Waals surface area contributed by atoms with Gasteiger partial charge in [-0.05, 0) is 47.5 Å². The maximum absolute atomic E-state index is 9.43. The lowest BCUT2D eigenvalue weighted by Gasteiger charge is -2.29. The van der Waals surface area contributed by atoms with E-state index in [2.05, 4.69) is 27.3 Å². The van der Waals surface area contributed by atoms with Gasteiger partial charge in [0.25, 0.3) is 0 Å². The zero-order valence-electron chi connectivity index (χ0n) is 10.0. The summed E-state index contributed by atoms with van der Waals surface area (Å²) >= 11 is 9.33. The summed E-state index contributed by atoms with van der Waals surface area (Å²) in [5, 5.41) is 13.4. The predicted molar refractivity (Wildman–Crippen MR) is 75.7 cm³/mol. The molecule has 2 rings (SSSR count). The number of nitrogens with one attached hydrogen (secondary N) is 1. The molecule has 0 saturated carbocycles. The fraction of sp³-hybridized carbons (Fsp3) is 0.462. The average Bonchev–Trinajstić information content (AvgIpc) is 2.88. The van der Waals surface area contributed by atoms with Crippen LogP contribution >= 0.6 is 27.5 Å². The predicted octanol–water partition coefficient (Wildman–Crippen LogP) is 3.83. The maximum atomic E-state index is 9.43. The van der Waals surface area contributed by atoms with Crippen LogP contribution in [0, 0.1) is 17.2 Å². The minimum absolute atomic E-state index is 0.206. The molecule has 96 valence electrons. The van der Waals surface area contributed by atoms with E-state index >= 15 is 0 Å². The molecule has 1 N–H and O–H groups in total. The molecular formula is C13H14BrClN2O. The Kier molecular flexibility index (Phi) is 4.16. The van der Waals surface area contributed by atoms with Gasteiger partial charge in [-0.3, -0.25) is 0 Å². The fourth-order valence-electron chi connectivity index (χ4n) is 2.08. The first-order chi connectivity index (χ1) is 8.55. The van der Waals surface area contributed by atoms with Crippen LogP contribution in [0.4, 0.5) is 5.69 Å². The number of ether oxygens (including phenoxy) is 1. The highest BCUT2D eigenvalue weighted by atomic mass is 79.9. The molecule has 0 radical (unpaired) electrons. The van der Waals surface area contributed by atoms with E-state index in [9.17, 15) is 5.26 Å². The van der Waals surface area contributed by atoms with Gasteiger partial charge in [0.15, 0.2) is 0 Å². The van der Waals surface area contributed by atoms with Gasteiger partial charge in [-0.15, -0.1) is 0 Å². The van der Waals surface area contributed by atoms with Gasteiger partial charge in [-0.25, -0.2) is 0 Å². The van der Waals surface area contributed by atoms with Crippen LogP contribution in [0.1, 0.15) is 13.3 Å². The van der Waals surface area contributed by atoms with E-state index in [0.717, 1.165) is 23.2 Å². The number of halogens is 2. The molecule has 1 aromatic carbocycles. The second-order valence-electron chi connectivity index (χ2n) is 4.63. The molecule has 1 aromatic rings. The van der Waals surface area contributed by atoms with Crippen LogP contribution in [0.25, 0.3) is 0 Å². The molecular weight excluding hydrogens is 316 g/mol. The highest BCUT2D eigenvalue weighted by Crippen LogP contribution is 2.31. The van der Waals surface area contributed by atoms with Crippen molar-refractivity contribution >= 4 is 33.2 Å². The number of rotatable bonds is 3. The molecule has 5 heteroatoms. The highest BCUT2D eigenvalue weighted by Gasteiger charge is 2.37. The molecule has 0 spiro atoms. The monoisotopic (exact) mass is 328 g/mol. The van der Waals surface area contributed by atoms with E-state index in [1.165, 1.54) is 0 Å². The summed E-state index contributed by atoms with van der Waals surface area (Å²) in [6, 6.07) is 7.92. The summed E-state index contributed by atoms with van der Waals surface area (Å²) in [6.07, 6.45) is 0.909. The van der Waals surface area contributed by atoms with Crippen LogP contribution in [-0.4, -0.2) is 18.8 Å². The number of hydrogen-bond donors (Lipinski definition) is 1. The van der Waals surface area contributed by atoms with E-state index in [-0.39, 0.29) is 5.92 Å². The Labute approximate surface area is 120 Å². The van der Waals surface area contributed by atoms with E-state index in [1.807, 2.05) is 19.1 Å².